The second-order valence-electron chi connectivity index (χ2n) is 8.24. The number of urea groups is 1. The molecule has 0 aromatic heterocycles. The van der Waals surface area contributed by atoms with Gasteiger partial charge >= 0.3 is 12.0 Å². The second kappa shape index (κ2) is 10.7. The maximum absolute atomic E-state index is 13.0. The topological polar surface area (TPSA) is 117 Å². The van der Waals surface area contributed by atoms with Gasteiger partial charge in [0.1, 0.15) is 0 Å². The van der Waals surface area contributed by atoms with Gasteiger partial charge in [0.15, 0.2) is 0 Å². The molecule has 2 aromatic rings. The summed E-state index contributed by atoms with van der Waals surface area (Å²) in [5.74, 6) is -0.545. The van der Waals surface area contributed by atoms with Crippen molar-refractivity contribution in [3.63, 3.8) is 0 Å². The third-order valence-electron chi connectivity index (χ3n) is 6.01. The summed E-state index contributed by atoms with van der Waals surface area (Å²) in [4.78, 5) is 40.4. The standard InChI is InChI=1S/C24H26ClN5O5/c1-2-35-23(31)21-20(15-28-10-12-29(13-11-28)19-5-3-4-17(25)14-19)26-24(32)27-22(21)16-6-8-18(9-7-16)30(33)34/h3-9,14,22H,2,10-13,15H2,1H3,(H2,26,27,32)/t22-/m1/s1. The van der Waals surface area contributed by atoms with Gasteiger partial charge in [-0.3, -0.25) is 15.0 Å². The number of carbonyl (C=O) groups excluding carboxylic acids is 2. The Hall–Kier alpha value is -3.63. The summed E-state index contributed by atoms with van der Waals surface area (Å²) in [5, 5.41) is 17.2. The highest BCUT2D eigenvalue weighted by Crippen LogP contribution is 2.30. The molecule has 1 atom stereocenters. The molecule has 35 heavy (non-hydrogen) atoms. The number of hydrogen-bond donors (Lipinski definition) is 2. The number of hydrogen-bond acceptors (Lipinski definition) is 7. The summed E-state index contributed by atoms with van der Waals surface area (Å²) in [6.45, 7) is 5.21. The summed E-state index contributed by atoms with van der Waals surface area (Å²) >= 11 is 6.13. The van der Waals surface area contributed by atoms with E-state index < -0.39 is 23.0 Å². The van der Waals surface area contributed by atoms with Crippen LogP contribution in [0.4, 0.5) is 16.2 Å². The Morgan fingerprint density at radius 1 is 1.17 bits per heavy atom. The Balaban J connectivity index is 1.56. The van der Waals surface area contributed by atoms with Gasteiger partial charge in [0, 0.05) is 61.3 Å². The number of halogens is 1. The van der Waals surface area contributed by atoms with E-state index in [1.807, 2.05) is 24.3 Å². The van der Waals surface area contributed by atoms with Gasteiger partial charge in [-0.25, -0.2) is 9.59 Å². The average molecular weight is 500 g/mol. The number of nitrogens with zero attached hydrogens (tertiary/aromatic N) is 3. The zero-order chi connectivity index (χ0) is 24.9. The van der Waals surface area contributed by atoms with Gasteiger partial charge in [-0.2, -0.15) is 0 Å². The Morgan fingerprint density at radius 3 is 2.51 bits per heavy atom. The molecule has 1 saturated heterocycles. The lowest BCUT2D eigenvalue weighted by Crippen LogP contribution is -2.51. The van der Waals surface area contributed by atoms with E-state index in [1.54, 1.807) is 6.92 Å². The molecule has 2 heterocycles. The van der Waals surface area contributed by atoms with Crippen molar-refractivity contribution < 1.29 is 19.2 Å². The molecule has 11 heteroatoms. The van der Waals surface area contributed by atoms with Gasteiger partial charge in [0.2, 0.25) is 0 Å². The molecule has 10 nitrogen and oxygen atoms in total. The lowest BCUT2D eigenvalue weighted by atomic mass is 9.94. The van der Waals surface area contributed by atoms with E-state index >= 15 is 0 Å². The highest BCUT2D eigenvalue weighted by molar-refractivity contribution is 6.30. The molecule has 0 saturated carbocycles. The van der Waals surface area contributed by atoms with E-state index in [2.05, 4.69) is 20.4 Å². The number of carbonyl (C=O) groups is 2. The quantitative estimate of drug-likeness (QED) is 0.341. The van der Waals surface area contributed by atoms with Gasteiger partial charge in [-0.15, -0.1) is 0 Å². The zero-order valence-corrected chi connectivity index (χ0v) is 20.0. The molecular weight excluding hydrogens is 474 g/mol. The number of amides is 2. The molecule has 0 aliphatic carbocycles. The van der Waals surface area contributed by atoms with Crippen LogP contribution in [0.2, 0.25) is 5.02 Å². The van der Waals surface area contributed by atoms with Gasteiger partial charge in [-0.05, 0) is 42.8 Å². The lowest BCUT2D eigenvalue weighted by Gasteiger charge is -2.38. The largest absolute Gasteiger partial charge is 0.463 e. The van der Waals surface area contributed by atoms with Crippen molar-refractivity contribution in [1.82, 2.24) is 15.5 Å². The first-order valence-corrected chi connectivity index (χ1v) is 11.7. The monoisotopic (exact) mass is 499 g/mol. The number of piperazine rings is 1. The Kier molecular flexibility index (Phi) is 7.52. The van der Waals surface area contributed by atoms with Crippen LogP contribution in [-0.4, -0.2) is 61.2 Å². The van der Waals surface area contributed by atoms with E-state index in [0.29, 0.717) is 22.8 Å². The fourth-order valence-electron chi connectivity index (χ4n) is 4.29. The summed E-state index contributed by atoms with van der Waals surface area (Å²) in [7, 11) is 0. The predicted molar refractivity (Wildman–Crippen MR) is 131 cm³/mol. The number of nitro groups is 1. The number of anilines is 1. The number of ether oxygens (including phenoxy) is 1. The van der Waals surface area contributed by atoms with Gasteiger partial charge in [0.25, 0.3) is 5.69 Å². The van der Waals surface area contributed by atoms with Gasteiger partial charge < -0.3 is 20.3 Å². The SMILES string of the molecule is CCOC(=O)C1=C(CN2CCN(c3cccc(Cl)c3)CC2)NC(=O)N[C@@H]1c1ccc([N+](=O)[O-])cc1. The normalized spacial score (nSPS) is 18.6. The number of nitrogens with one attached hydrogen (secondary N) is 2. The number of benzene rings is 2. The third kappa shape index (κ3) is 5.72. The molecule has 2 aromatic carbocycles. The maximum atomic E-state index is 13.0. The van der Waals surface area contributed by atoms with Crippen LogP contribution in [0.25, 0.3) is 0 Å². The highest BCUT2D eigenvalue weighted by atomic mass is 35.5. The van der Waals surface area contributed by atoms with Crippen molar-refractivity contribution in [1.29, 1.82) is 0 Å². The van der Waals surface area contributed by atoms with Crippen LogP contribution in [-0.2, 0) is 9.53 Å². The molecule has 1 fully saturated rings. The van der Waals surface area contributed by atoms with Crippen LogP contribution in [0.5, 0.6) is 0 Å². The Morgan fingerprint density at radius 2 is 1.89 bits per heavy atom. The Bertz CT molecular complexity index is 1150. The highest BCUT2D eigenvalue weighted by Gasteiger charge is 2.35. The molecule has 2 N–H and O–H groups in total. The van der Waals surface area contributed by atoms with Gasteiger partial charge in [0.05, 0.1) is 23.1 Å². The van der Waals surface area contributed by atoms with Crippen LogP contribution in [0.1, 0.15) is 18.5 Å². The van der Waals surface area contributed by atoms with Crippen LogP contribution < -0.4 is 15.5 Å². The van der Waals surface area contributed by atoms with Crippen molar-refractivity contribution in [2.45, 2.75) is 13.0 Å². The molecule has 0 bridgehead atoms. The lowest BCUT2D eigenvalue weighted by molar-refractivity contribution is -0.384. The molecule has 2 aliphatic rings. The first-order chi connectivity index (χ1) is 16.9. The number of rotatable bonds is 7. The van der Waals surface area contributed by atoms with E-state index in [1.165, 1.54) is 24.3 Å². The van der Waals surface area contributed by atoms with E-state index in [4.69, 9.17) is 16.3 Å². The maximum Gasteiger partial charge on any atom is 0.338 e. The summed E-state index contributed by atoms with van der Waals surface area (Å²) in [6, 6.07) is 12.2. The number of nitro benzene ring substituents is 1. The minimum atomic E-state index is -0.786. The zero-order valence-electron chi connectivity index (χ0n) is 19.2. The van der Waals surface area contributed by atoms with Crippen molar-refractivity contribution in [2.75, 3.05) is 44.2 Å². The average Bonchev–Trinajstić information content (AvgIpc) is 2.84. The fraction of sp³-hybridized carbons (Fsp3) is 0.333. The fourth-order valence-corrected chi connectivity index (χ4v) is 4.48. The molecule has 184 valence electrons. The van der Waals surface area contributed by atoms with Crippen molar-refractivity contribution in [3.05, 3.63) is 80.5 Å². The minimum Gasteiger partial charge on any atom is -0.463 e. The summed E-state index contributed by atoms with van der Waals surface area (Å²) in [6.07, 6.45) is 0. The summed E-state index contributed by atoms with van der Waals surface area (Å²) in [5.41, 5.74) is 2.28. The van der Waals surface area contributed by atoms with Crippen LogP contribution in [0.15, 0.2) is 59.8 Å². The molecule has 4 rings (SSSR count). The van der Waals surface area contributed by atoms with Crippen LogP contribution in [0.3, 0.4) is 0 Å². The molecule has 2 amide bonds. The van der Waals surface area contributed by atoms with Crippen LogP contribution in [0, 0.1) is 10.1 Å². The van der Waals surface area contributed by atoms with E-state index in [-0.39, 0.29) is 17.9 Å². The van der Waals surface area contributed by atoms with Crippen LogP contribution >= 0.6 is 11.6 Å². The minimum absolute atomic E-state index is 0.0755. The first kappa shape index (κ1) is 24.5. The van der Waals surface area contributed by atoms with Crippen molar-refractivity contribution >= 4 is 35.0 Å². The smallest absolute Gasteiger partial charge is 0.338 e. The molecule has 0 unspecified atom stereocenters. The number of esters is 1. The first-order valence-electron chi connectivity index (χ1n) is 11.3. The molecule has 0 spiro atoms. The van der Waals surface area contributed by atoms with Gasteiger partial charge in [-0.1, -0.05) is 17.7 Å². The van der Waals surface area contributed by atoms with E-state index in [9.17, 15) is 19.7 Å². The molecule has 0 radical (unpaired) electrons. The van der Waals surface area contributed by atoms with Crippen molar-refractivity contribution in [3.8, 4) is 0 Å². The molecule has 2 aliphatic heterocycles. The van der Waals surface area contributed by atoms with Crippen molar-refractivity contribution in [2.24, 2.45) is 0 Å². The Labute approximate surface area is 207 Å². The van der Waals surface area contributed by atoms with E-state index in [0.717, 1.165) is 31.9 Å². The molecular formula is C24H26ClN5O5. The number of non-ortho nitro benzene ring substituents is 1. The summed E-state index contributed by atoms with van der Waals surface area (Å²) < 4.78 is 5.30. The predicted octanol–water partition coefficient (Wildman–Crippen LogP) is 3.24. The third-order valence-corrected chi connectivity index (χ3v) is 6.25. The second-order valence-corrected chi connectivity index (χ2v) is 8.67.